The maximum absolute atomic E-state index is 3.64. The predicted molar refractivity (Wildman–Crippen MR) is 89.5 cm³/mol. The highest BCUT2D eigenvalue weighted by Gasteiger charge is 2.08. The summed E-state index contributed by atoms with van der Waals surface area (Å²) >= 11 is 1.88. The lowest BCUT2D eigenvalue weighted by Crippen LogP contribution is -2.29. The molecule has 2 heteroatoms. The van der Waals surface area contributed by atoms with Crippen LogP contribution in [-0.4, -0.2) is 12.6 Å². The minimum Gasteiger partial charge on any atom is -0.314 e. The maximum Gasteiger partial charge on any atom is 0.00705 e. The van der Waals surface area contributed by atoms with Gasteiger partial charge in [-0.2, -0.15) is 0 Å². The Bertz CT molecular complexity index is 450. The number of rotatable bonds is 9. The molecule has 0 spiro atoms. The molecule has 108 valence electrons. The normalized spacial score (nSPS) is 12.4. The Morgan fingerprint density at radius 2 is 1.85 bits per heavy atom. The smallest absolute Gasteiger partial charge is 0.00705 e. The van der Waals surface area contributed by atoms with Gasteiger partial charge in [0.05, 0.1) is 0 Å². The van der Waals surface area contributed by atoms with Crippen LogP contribution in [0.3, 0.4) is 0 Å². The molecule has 2 rings (SSSR count). The van der Waals surface area contributed by atoms with Crippen LogP contribution in [-0.2, 0) is 12.8 Å². The molecule has 1 aromatic carbocycles. The number of hydrogen-bond donors (Lipinski definition) is 1. The highest BCUT2D eigenvalue weighted by Crippen LogP contribution is 2.15. The molecule has 1 N–H and O–H groups in total. The summed E-state index contributed by atoms with van der Waals surface area (Å²) in [6.07, 6.45) is 6.20. The Labute approximate surface area is 127 Å². The molecule has 1 heterocycles. The van der Waals surface area contributed by atoms with Crippen LogP contribution in [0.5, 0.6) is 0 Å². The third-order valence-electron chi connectivity index (χ3n) is 3.67. The zero-order valence-corrected chi connectivity index (χ0v) is 13.2. The first-order chi connectivity index (χ1) is 9.88. The van der Waals surface area contributed by atoms with Crippen molar-refractivity contribution >= 4 is 11.3 Å². The van der Waals surface area contributed by atoms with E-state index in [9.17, 15) is 0 Å². The fourth-order valence-corrected chi connectivity index (χ4v) is 3.33. The number of thiophene rings is 1. The standard InChI is InChI=1S/C18H25NS/c1-2-19-17(13-14-18-12-7-15-20-18)11-6-10-16-8-4-3-5-9-16/h3-5,7-9,12,15,17,19H,2,6,10-11,13-14H2,1H3. The summed E-state index contributed by atoms with van der Waals surface area (Å²) in [5.41, 5.74) is 1.46. The molecule has 1 unspecified atom stereocenters. The second kappa shape index (κ2) is 8.93. The molecule has 1 nitrogen and oxygen atoms in total. The van der Waals surface area contributed by atoms with Crippen molar-refractivity contribution in [3.8, 4) is 0 Å². The van der Waals surface area contributed by atoms with E-state index < -0.39 is 0 Å². The molecule has 0 radical (unpaired) electrons. The molecular weight excluding hydrogens is 262 g/mol. The second-order valence-corrected chi connectivity index (χ2v) is 6.28. The average Bonchev–Trinajstić information content (AvgIpc) is 2.99. The fraction of sp³-hybridized carbons (Fsp3) is 0.444. The fourth-order valence-electron chi connectivity index (χ4n) is 2.61. The first-order valence-corrected chi connectivity index (χ1v) is 8.56. The number of benzene rings is 1. The van der Waals surface area contributed by atoms with Gasteiger partial charge in [-0.1, -0.05) is 43.3 Å². The van der Waals surface area contributed by atoms with Crippen LogP contribution in [0.25, 0.3) is 0 Å². The largest absolute Gasteiger partial charge is 0.314 e. The van der Waals surface area contributed by atoms with Crippen LogP contribution < -0.4 is 5.32 Å². The van der Waals surface area contributed by atoms with Crippen molar-refractivity contribution < 1.29 is 0 Å². The van der Waals surface area contributed by atoms with Gasteiger partial charge in [0.2, 0.25) is 0 Å². The van der Waals surface area contributed by atoms with E-state index in [4.69, 9.17) is 0 Å². The molecule has 2 aromatic rings. The van der Waals surface area contributed by atoms with Gasteiger partial charge in [-0.15, -0.1) is 11.3 Å². The van der Waals surface area contributed by atoms with Gasteiger partial charge in [0.1, 0.15) is 0 Å². The van der Waals surface area contributed by atoms with E-state index in [0.29, 0.717) is 6.04 Å². The minimum atomic E-state index is 0.658. The molecule has 0 aliphatic carbocycles. The van der Waals surface area contributed by atoms with Gasteiger partial charge in [0.25, 0.3) is 0 Å². The van der Waals surface area contributed by atoms with E-state index in [-0.39, 0.29) is 0 Å². The number of nitrogens with one attached hydrogen (secondary N) is 1. The van der Waals surface area contributed by atoms with Gasteiger partial charge >= 0.3 is 0 Å². The summed E-state index contributed by atoms with van der Waals surface area (Å²) in [4.78, 5) is 1.51. The van der Waals surface area contributed by atoms with Gasteiger partial charge in [-0.3, -0.25) is 0 Å². The van der Waals surface area contributed by atoms with Crippen LogP contribution >= 0.6 is 11.3 Å². The molecule has 0 saturated heterocycles. The maximum atomic E-state index is 3.64. The Hall–Kier alpha value is -1.12. The monoisotopic (exact) mass is 287 g/mol. The number of aryl methyl sites for hydroxylation is 2. The second-order valence-electron chi connectivity index (χ2n) is 5.25. The Morgan fingerprint density at radius 3 is 2.55 bits per heavy atom. The topological polar surface area (TPSA) is 12.0 Å². The lowest BCUT2D eigenvalue weighted by molar-refractivity contribution is 0.453. The Balaban J connectivity index is 1.71. The predicted octanol–water partition coefficient (Wildman–Crippen LogP) is 4.68. The van der Waals surface area contributed by atoms with E-state index in [1.165, 1.54) is 42.5 Å². The quantitative estimate of drug-likeness (QED) is 0.706. The third kappa shape index (κ3) is 5.48. The van der Waals surface area contributed by atoms with Crippen LogP contribution in [0.2, 0.25) is 0 Å². The number of hydrogen-bond acceptors (Lipinski definition) is 2. The Morgan fingerprint density at radius 1 is 1.00 bits per heavy atom. The van der Waals surface area contributed by atoms with Gasteiger partial charge in [0.15, 0.2) is 0 Å². The molecule has 0 bridgehead atoms. The molecule has 0 amide bonds. The summed E-state index contributed by atoms with van der Waals surface area (Å²) in [5, 5.41) is 5.81. The van der Waals surface area contributed by atoms with Crippen molar-refractivity contribution in [1.82, 2.24) is 5.32 Å². The van der Waals surface area contributed by atoms with E-state index in [0.717, 1.165) is 6.54 Å². The molecule has 1 atom stereocenters. The first-order valence-electron chi connectivity index (χ1n) is 7.68. The highest BCUT2D eigenvalue weighted by molar-refractivity contribution is 7.09. The van der Waals surface area contributed by atoms with E-state index >= 15 is 0 Å². The molecule has 20 heavy (non-hydrogen) atoms. The van der Waals surface area contributed by atoms with E-state index in [1.54, 1.807) is 0 Å². The molecular formula is C18H25NS. The summed E-state index contributed by atoms with van der Waals surface area (Å²) < 4.78 is 0. The highest BCUT2D eigenvalue weighted by atomic mass is 32.1. The molecule has 0 saturated carbocycles. The SMILES string of the molecule is CCNC(CCCc1ccccc1)CCc1cccs1. The minimum absolute atomic E-state index is 0.658. The molecule has 0 fully saturated rings. The van der Waals surface area contributed by atoms with Crippen molar-refractivity contribution in [3.05, 3.63) is 58.3 Å². The van der Waals surface area contributed by atoms with Gasteiger partial charge in [-0.25, -0.2) is 0 Å². The molecule has 1 aromatic heterocycles. The van der Waals surface area contributed by atoms with Crippen LogP contribution in [0.15, 0.2) is 47.8 Å². The lowest BCUT2D eigenvalue weighted by atomic mass is 10.0. The third-order valence-corrected chi connectivity index (χ3v) is 4.61. The zero-order valence-electron chi connectivity index (χ0n) is 12.3. The first kappa shape index (κ1) is 15.3. The van der Waals surface area contributed by atoms with Crippen molar-refractivity contribution in [2.45, 2.75) is 45.1 Å². The van der Waals surface area contributed by atoms with E-state index in [2.05, 4.69) is 60.1 Å². The van der Waals surface area contributed by atoms with Gasteiger partial charge in [-0.05, 0) is 55.7 Å². The van der Waals surface area contributed by atoms with E-state index in [1.807, 2.05) is 11.3 Å². The summed E-state index contributed by atoms with van der Waals surface area (Å²) in [5.74, 6) is 0. The molecule has 0 aliphatic heterocycles. The van der Waals surface area contributed by atoms with Gasteiger partial charge in [0, 0.05) is 10.9 Å². The summed E-state index contributed by atoms with van der Waals surface area (Å²) in [6.45, 7) is 3.27. The summed E-state index contributed by atoms with van der Waals surface area (Å²) in [6, 6.07) is 15.9. The zero-order chi connectivity index (χ0) is 14.0. The molecule has 0 aliphatic rings. The van der Waals surface area contributed by atoms with Crippen molar-refractivity contribution in [3.63, 3.8) is 0 Å². The average molecular weight is 287 g/mol. The van der Waals surface area contributed by atoms with Gasteiger partial charge < -0.3 is 5.32 Å². The van der Waals surface area contributed by atoms with Crippen LogP contribution in [0, 0.1) is 0 Å². The van der Waals surface area contributed by atoms with Crippen molar-refractivity contribution in [1.29, 1.82) is 0 Å². The van der Waals surface area contributed by atoms with Crippen LogP contribution in [0.1, 0.15) is 36.6 Å². The summed E-state index contributed by atoms with van der Waals surface area (Å²) in [7, 11) is 0. The van der Waals surface area contributed by atoms with Crippen molar-refractivity contribution in [2.24, 2.45) is 0 Å². The Kier molecular flexibility index (Phi) is 6.82. The lowest BCUT2D eigenvalue weighted by Gasteiger charge is -2.17. The van der Waals surface area contributed by atoms with Crippen molar-refractivity contribution in [2.75, 3.05) is 6.54 Å². The van der Waals surface area contributed by atoms with Crippen LogP contribution in [0.4, 0.5) is 0 Å².